The van der Waals surface area contributed by atoms with Gasteiger partial charge in [0.15, 0.2) is 0 Å². The molecule has 1 amide bonds. The van der Waals surface area contributed by atoms with Crippen molar-refractivity contribution < 1.29 is 4.79 Å². The molecule has 20 heavy (non-hydrogen) atoms. The fraction of sp³-hybridized carbons (Fsp3) is 0.667. The summed E-state index contributed by atoms with van der Waals surface area (Å²) >= 11 is 1.85. The molecule has 0 bridgehead atoms. The number of thiophene rings is 1. The Morgan fingerprint density at radius 1 is 1.55 bits per heavy atom. The molecule has 1 aromatic heterocycles. The predicted octanol–water partition coefficient (Wildman–Crippen LogP) is 1.60. The van der Waals surface area contributed by atoms with Gasteiger partial charge in [-0.3, -0.25) is 9.69 Å². The first-order valence-corrected chi connectivity index (χ1v) is 8.07. The Kier molecular flexibility index (Phi) is 4.83. The fourth-order valence-electron chi connectivity index (χ4n) is 2.34. The Labute approximate surface area is 125 Å². The summed E-state index contributed by atoms with van der Waals surface area (Å²) in [5, 5.41) is 5.12. The Balaban J connectivity index is 1.73. The molecule has 0 aromatic carbocycles. The minimum absolute atomic E-state index is 0.0502. The third kappa shape index (κ3) is 3.81. The highest BCUT2D eigenvalue weighted by atomic mass is 32.1. The van der Waals surface area contributed by atoms with Crippen LogP contribution in [-0.4, -0.2) is 36.5 Å². The lowest BCUT2D eigenvalue weighted by Gasteiger charge is -2.28. The second-order valence-corrected chi connectivity index (χ2v) is 7.53. The van der Waals surface area contributed by atoms with Gasteiger partial charge in [-0.1, -0.05) is 20.8 Å². The molecule has 0 unspecified atom stereocenters. The van der Waals surface area contributed by atoms with E-state index in [2.05, 4.69) is 21.7 Å². The van der Waals surface area contributed by atoms with Crippen molar-refractivity contribution in [2.24, 2.45) is 11.1 Å². The van der Waals surface area contributed by atoms with Gasteiger partial charge in [-0.2, -0.15) is 0 Å². The van der Waals surface area contributed by atoms with Crippen LogP contribution in [0.15, 0.2) is 11.4 Å². The molecule has 1 aromatic rings. The van der Waals surface area contributed by atoms with E-state index in [1.807, 2.05) is 32.1 Å². The van der Waals surface area contributed by atoms with Gasteiger partial charge in [0.1, 0.15) is 0 Å². The van der Waals surface area contributed by atoms with Gasteiger partial charge in [-0.05, 0) is 28.8 Å². The van der Waals surface area contributed by atoms with Crippen LogP contribution in [0.2, 0.25) is 0 Å². The molecular weight excluding hydrogens is 270 g/mol. The van der Waals surface area contributed by atoms with Gasteiger partial charge in [0.25, 0.3) is 0 Å². The molecular formula is C15H25N3OS. The fourth-order valence-corrected chi connectivity index (χ4v) is 3.23. The monoisotopic (exact) mass is 295 g/mol. The van der Waals surface area contributed by atoms with Crippen LogP contribution in [0, 0.1) is 5.41 Å². The van der Waals surface area contributed by atoms with E-state index < -0.39 is 6.04 Å². The molecule has 0 aliphatic carbocycles. The van der Waals surface area contributed by atoms with Gasteiger partial charge >= 0.3 is 0 Å². The number of hydrogen-bond donors (Lipinski definition) is 2. The minimum atomic E-state index is -0.452. The lowest BCUT2D eigenvalue weighted by Crippen LogP contribution is -2.50. The van der Waals surface area contributed by atoms with E-state index in [0.29, 0.717) is 6.54 Å². The third-order valence-corrected chi connectivity index (χ3v) is 4.85. The zero-order valence-corrected chi connectivity index (χ0v) is 13.4. The molecule has 0 saturated carbocycles. The van der Waals surface area contributed by atoms with E-state index in [1.165, 1.54) is 10.4 Å². The Hall–Kier alpha value is -0.910. The Morgan fingerprint density at radius 2 is 2.30 bits per heavy atom. The number of carbonyl (C=O) groups excluding carboxylic acids is 1. The highest BCUT2D eigenvalue weighted by Gasteiger charge is 2.27. The van der Waals surface area contributed by atoms with E-state index in [9.17, 15) is 4.79 Å². The first-order chi connectivity index (χ1) is 9.38. The molecule has 0 spiro atoms. The Bertz CT molecular complexity index is 464. The first-order valence-electron chi connectivity index (χ1n) is 7.19. The molecule has 2 rings (SSSR count). The molecule has 5 heteroatoms. The smallest absolute Gasteiger partial charge is 0.237 e. The molecule has 1 aliphatic heterocycles. The van der Waals surface area contributed by atoms with Gasteiger partial charge in [0.05, 0.1) is 6.04 Å². The lowest BCUT2D eigenvalue weighted by molar-refractivity contribution is -0.124. The molecule has 0 radical (unpaired) electrons. The molecule has 3 N–H and O–H groups in total. The van der Waals surface area contributed by atoms with Crippen LogP contribution in [0.4, 0.5) is 0 Å². The van der Waals surface area contributed by atoms with Crippen LogP contribution < -0.4 is 11.1 Å². The zero-order valence-electron chi connectivity index (χ0n) is 12.6. The second kappa shape index (κ2) is 6.24. The topological polar surface area (TPSA) is 58.4 Å². The first kappa shape index (κ1) is 15.5. The van der Waals surface area contributed by atoms with E-state index >= 15 is 0 Å². The number of rotatable bonds is 4. The van der Waals surface area contributed by atoms with Crippen molar-refractivity contribution in [1.82, 2.24) is 10.2 Å². The van der Waals surface area contributed by atoms with Crippen molar-refractivity contribution in [2.75, 3.05) is 19.6 Å². The summed E-state index contributed by atoms with van der Waals surface area (Å²) in [6, 6.07) is 1.76. The standard InChI is InChI=1S/C15H25N3OS/c1-15(2,3)13(16)14(19)17-6-8-18-7-4-12-11(10-18)5-9-20-12/h5,9,13H,4,6-8,10,16H2,1-3H3,(H,17,19)/t13-/m1/s1. The van der Waals surface area contributed by atoms with Crippen LogP contribution in [0.1, 0.15) is 31.2 Å². The van der Waals surface area contributed by atoms with Crippen molar-refractivity contribution in [3.63, 3.8) is 0 Å². The lowest BCUT2D eigenvalue weighted by atomic mass is 9.87. The van der Waals surface area contributed by atoms with Gasteiger partial charge in [0.2, 0.25) is 5.91 Å². The summed E-state index contributed by atoms with van der Waals surface area (Å²) in [4.78, 5) is 15.8. The maximum atomic E-state index is 11.9. The number of amides is 1. The predicted molar refractivity (Wildman–Crippen MR) is 83.7 cm³/mol. The van der Waals surface area contributed by atoms with Gasteiger partial charge in [0, 0.05) is 31.1 Å². The molecule has 0 saturated heterocycles. The molecule has 4 nitrogen and oxygen atoms in total. The van der Waals surface area contributed by atoms with Crippen LogP contribution in [-0.2, 0) is 17.8 Å². The van der Waals surface area contributed by atoms with Crippen molar-refractivity contribution in [3.05, 3.63) is 21.9 Å². The summed E-state index contributed by atoms with van der Waals surface area (Å²) in [6.07, 6.45) is 1.13. The number of nitrogens with zero attached hydrogens (tertiary/aromatic N) is 1. The van der Waals surface area contributed by atoms with Gasteiger partial charge < -0.3 is 11.1 Å². The quantitative estimate of drug-likeness (QED) is 0.887. The average molecular weight is 295 g/mol. The van der Waals surface area contributed by atoms with E-state index in [4.69, 9.17) is 5.73 Å². The summed E-state index contributed by atoms with van der Waals surface area (Å²) in [5.41, 5.74) is 7.19. The Morgan fingerprint density at radius 3 is 3.00 bits per heavy atom. The maximum Gasteiger partial charge on any atom is 0.237 e. The molecule has 2 heterocycles. The highest BCUT2D eigenvalue weighted by molar-refractivity contribution is 7.10. The van der Waals surface area contributed by atoms with E-state index in [-0.39, 0.29) is 11.3 Å². The normalized spacial score (nSPS) is 17.6. The highest BCUT2D eigenvalue weighted by Crippen LogP contribution is 2.23. The summed E-state index contributed by atoms with van der Waals surface area (Å²) < 4.78 is 0. The van der Waals surface area contributed by atoms with Crippen molar-refractivity contribution >= 4 is 17.2 Å². The van der Waals surface area contributed by atoms with Crippen molar-refractivity contribution in [3.8, 4) is 0 Å². The van der Waals surface area contributed by atoms with E-state index in [1.54, 1.807) is 0 Å². The number of fused-ring (bicyclic) bond motifs is 1. The van der Waals surface area contributed by atoms with Gasteiger partial charge in [-0.25, -0.2) is 0 Å². The summed E-state index contributed by atoms with van der Waals surface area (Å²) in [7, 11) is 0. The number of nitrogens with one attached hydrogen (secondary N) is 1. The summed E-state index contributed by atoms with van der Waals surface area (Å²) in [6.45, 7) is 9.59. The summed E-state index contributed by atoms with van der Waals surface area (Å²) in [5.74, 6) is -0.0502. The largest absolute Gasteiger partial charge is 0.353 e. The van der Waals surface area contributed by atoms with Crippen LogP contribution in [0.5, 0.6) is 0 Å². The van der Waals surface area contributed by atoms with Crippen LogP contribution in [0.25, 0.3) is 0 Å². The number of nitrogens with two attached hydrogens (primary N) is 1. The van der Waals surface area contributed by atoms with Crippen molar-refractivity contribution in [1.29, 1.82) is 0 Å². The molecule has 1 atom stereocenters. The van der Waals surface area contributed by atoms with Crippen LogP contribution >= 0.6 is 11.3 Å². The number of hydrogen-bond acceptors (Lipinski definition) is 4. The molecule has 1 aliphatic rings. The SMILES string of the molecule is CC(C)(C)[C@H](N)C(=O)NCCN1CCc2sccc2C1. The van der Waals surface area contributed by atoms with Crippen molar-refractivity contribution in [2.45, 2.75) is 39.8 Å². The van der Waals surface area contributed by atoms with Gasteiger partial charge in [-0.15, -0.1) is 11.3 Å². The third-order valence-electron chi connectivity index (χ3n) is 3.83. The number of carbonyl (C=O) groups is 1. The molecule has 112 valence electrons. The maximum absolute atomic E-state index is 11.9. The second-order valence-electron chi connectivity index (χ2n) is 6.53. The minimum Gasteiger partial charge on any atom is -0.353 e. The van der Waals surface area contributed by atoms with Crippen LogP contribution in [0.3, 0.4) is 0 Å². The average Bonchev–Trinajstić information content (AvgIpc) is 2.84. The van der Waals surface area contributed by atoms with E-state index in [0.717, 1.165) is 26.1 Å². The zero-order chi connectivity index (χ0) is 14.8. The molecule has 0 fully saturated rings.